The number of rotatable bonds is 9. The highest BCUT2D eigenvalue weighted by Gasteiger charge is 2.14. The van der Waals surface area contributed by atoms with Gasteiger partial charge in [-0.1, -0.05) is 25.1 Å². The van der Waals surface area contributed by atoms with E-state index in [1.807, 2.05) is 24.3 Å². The van der Waals surface area contributed by atoms with Crippen LogP contribution in [0.5, 0.6) is 5.75 Å². The molecular weight excluding hydrogens is 256 g/mol. The lowest BCUT2D eigenvalue weighted by molar-refractivity contribution is -0.120. The number of carbonyl (C=O) groups excluding carboxylic acids is 1. The van der Waals surface area contributed by atoms with Crippen LogP contribution in [0.1, 0.15) is 24.9 Å². The van der Waals surface area contributed by atoms with Gasteiger partial charge < -0.3 is 20.1 Å². The van der Waals surface area contributed by atoms with E-state index in [2.05, 4.69) is 17.6 Å². The summed E-state index contributed by atoms with van der Waals surface area (Å²) in [7, 11) is 3.27. The lowest BCUT2D eigenvalue weighted by Gasteiger charge is -2.19. The number of nitrogens with one attached hydrogen (secondary N) is 2. The van der Waals surface area contributed by atoms with E-state index in [1.165, 1.54) is 0 Å². The molecule has 5 heteroatoms. The van der Waals surface area contributed by atoms with E-state index in [9.17, 15) is 4.79 Å². The molecule has 0 radical (unpaired) electrons. The van der Waals surface area contributed by atoms with Gasteiger partial charge in [0.05, 0.1) is 20.3 Å². The van der Waals surface area contributed by atoms with Gasteiger partial charge in [-0.05, 0) is 12.5 Å². The average Bonchev–Trinajstić information content (AvgIpc) is 2.48. The maximum absolute atomic E-state index is 11.7. The first-order chi connectivity index (χ1) is 9.72. The van der Waals surface area contributed by atoms with Crippen LogP contribution in [0.4, 0.5) is 0 Å². The Morgan fingerprint density at radius 1 is 1.30 bits per heavy atom. The van der Waals surface area contributed by atoms with Crippen molar-refractivity contribution in [3.63, 3.8) is 0 Å². The normalized spacial score (nSPS) is 11.9. The quantitative estimate of drug-likeness (QED) is 0.673. The molecule has 1 atom stereocenters. The fourth-order valence-electron chi connectivity index (χ4n) is 2.00. The summed E-state index contributed by atoms with van der Waals surface area (Å²) >= 11 is 0. The van der Waals surface area contributed by atoms with Crippen molar-refractivity contribution in [2.45, 2.75) is 19.4 Å². The number of methoxy groups -OCH3 is 2. The molecule has 1 unspecified atom stereocenters. The van der Waals surface area contributed by atoms with Crippen LogP contribution in [0.25, 0.3) is 0 Å². The van der Waals surface area contributed by atoms with Crippen molar-refractivity contribution in [1.82, 2.24) is 10.6 Å². The summed E-state index contributed by atoms with van der Waals surface area (Å²) < 4.78 is 10.2. The number of amides is 1. The van der Waals surface area contributed by atoms with Crippen molar-refractivity contribution >= 4 is 5.91 Å². The molecule has 0 saturated carbocycles. The maximum atomic E-state index is 11.7. The molecule has 2 N–H and O–H groups in total. The number of hydrogen-bond acceptors (Lipinski definition) is 4. The Labute approximate surface area is 120 Å². The minimum atomic E-state index is -0.0320. The molecule has 0 heterocycles. The molecule has 0 aliphatic rings. The van der Waals surface area contributed by atoms with Gasteiger partial charge in [-0.15, -0.1) is 0 Å². The fraction of sp³-hybridized carbons (Fsp3) is 0.533. The Bertz CT molecular complexity index is 410. The van der Waals surface area contributed by atoms with Crippen LogP contribution in [0.3, 0.4) is 0 Å². The van der Waals surface area contributed by atoms with Crippen molar-refractivity contribution in [3.8, 4) is 5.75 Å². The van der Waals surface area contributed by atoms with E-state index in [1.54, 1.807) is 14.2 Å². The van der Waals surface area contributed by atoms with E-state index < -0.39 is 0 Å². The van der Waals surface area contributed by atoms with Crippen LogP contribution >= 0.6 is 0 Å². The predicted molar refractivity (Wildman–Crippen MR) is 78.9 cm³/mol. The largest absolute Gasteiger partial charge is 0.496 e. The van der Waals surface area contributed by atoms with Crippen molar-refractivity contribution in [2.75, 3.05) is 33.9 Å². The molecule has 0 saturated heterocycles. The first-order valence-electron chi connectivity index (χ1n) is 6.84. The molecule has 112 valence electrons. The lowest BCUT2D eigenvalue weighted by atomic mass is 10.0. The molecule has 5 nitrogen and oxygen atoms in total. The highest BCUT2D eigenvalue weighted by Crippen LogP contribution is 2.26. The molecule has 0 aliphatic carbocycles. The van der Waals surface area contributed by atoms with Crippen molar-refractivity contribution in [1.29, 1.82) is 0 Å². The monoisotopic (exact) mass is 280 g/mol. The Morgan fingerprint density at radius 3 is 2.70 bits per heavy atom. The van der Waals surface area contributed by atoms with Gasteiger partial charge in [-0.25, -0.2) is 0 Å². The standard InChI is InChI=1S/C15H24N2O3/c1-4-13(12-7-5-6-8-14(12)20-3)17-11-15(18)16-9-10-19-2/h5-8,13,17H,4,9-11H2,1-3H3,(H,16,18). The molecule has 20 heavy (non-hydrogen) atoms. The highest BCUT2D eigenvalue weighted by molar-refractivity contribution is 5.78. The molecular formula is C15H24N2O3. The SMILES string of the molecule is CCC(NCC(=O)NCCOC)c1ccccc1OC. The van der Waals surface area contributed by atoms with Crippen LogP contribution in [0.15, 0.2) is 24.3 Å². The number of benzene rings is 1. The van der Waals surface area contributed by atoms with E-state index in [0.29, 0.717) is 13.2 Å². The number of para-hydroxylation sites is 1. The molecule has 0 aliphatic heterocycles. The summed E-state index contributed by atoms with van der Waals surface area (Å²) in [5, 5.41) is 6.04. The lowest BCUT2D eigenvalue weighted by Crippen LogP contribution is -2.37. The third-order valence-electron chi connectivity index (χ3n) is 3.06. The van der Waals surface area contributed by atoms with Gasteiger partial charge >= 0.3 is 0 Å². The van der Waals surface area contributed by atoms with Crippen LogP contribution in [0, 0.1) is 0 Å². The van der Waals surface area contributed by atoms with Gasteiger partial charge in [0.1, 0.15) is 5.75 Å². The second kappa shape index (κ2) is 9.34. The summed E-state index contributed by atoms with van der Waals surface area (Å²) in [4.78, 5) is 11.7. The summed E-state index contributed by atoms with van der Waals surface area (Å²) in [6.45, 7) is 3.41. The number of ether oxygens (including phenoxy) is 2. The molecule has 0 bridgehead atoms. The third kappa shape index (κ3) is 5.19. The van der Waals surface area contributed by atoms with Crippen molar-refractivity contribution in [2.24, 2.45) is 0 Å². The van der Waals surface area contributed by atoms with Crippen molar-refractivity contribution in [3.05, 3.63) is 29.8 Å². The summed E-state index contributed by atoms with van der Waals surface area (Å²) in [6, 6.07) is 7.95. The first kappa shape index (κ1) is 16.5. The van der Waals surface area contributed by atoms with Crippen LogP contribution in [-0.2, 0) is 9.53 Å². The molecule has 0 aromatic heterocycles. The van der Waals surface area contributed by atoms with E-state index in [-0.39, 0.29) is 18.5 Å². The van der Waals surface area contributed by atoms with E-state index >= 15 is 0 Å². The van der Waals surface area contributed by atoms with Gasteiger partial charge in [0.15, 0.2) is 0 Å². The van der Waals surface area contributed by atoms with Crippen molar-refractivity contribution < 1.29 is 14.3 Å². The topological polar surface area (TPSA) is 59.6 Å². The van der Waals surface area contributed by atoms with Gasteiger partial charge in [0, 0.05) is 25.3 Å². The van der Waals surface area contributed by atoms with Gasteiger partial charge in [-0.2, -0.15) is 0 Å². The first-order valence-corrected chi connectivity index (χ1v) is 6.84. The minimum absolute atomic E-state index is 0.0320. The number of carbonyl (C=O) groups is 1. The predicted octanol–water partition coefficient (Wildman–Crippen LogP) is 1.50. The molecule has 1 aromatic rings. The van der Waals surface area contributed by atoms with Gasteiger partial charge in [0.2, 0.25) is 5.91 Å². The Balaban J connectivity index is 2.52. The Hall–Kier alpha value is -1.59. The molecule has 1 rings (SSSR count). The zero-order valence-corrected chi connectivity index (χ0v) is 12.4. The molecule has 0 spiro atoms. The summed E-state index contributed by atoms with van der Waals surface area (Å²) in [6.07, 6.45) is 0.881. The average molecular weight is 280 g/mol. The highest BCUT2D eigenvalue weighted by atomic mass is 16.5. The Kier molecular flexibility index (Phi) is 7.69. The molecule has 1 amide bonds. The molecule has 1 aromatic carbocycles. The second-order valence-electron chi connectivity index (χ2n) is 4.43. The van der Waals surface area contributed by atoms with Gasteiger partial charge in [-0.3, -0.25) is 4.79 Å². The van der Waals surface area contributed by atoms with Crippen LogP contribution in [0.2, 0.25) is 0 Å². The fourth-order valence-corrected chi connectivity index (χ4v) is 2.00. The zero-order chi connectivity index (χ0) is 14.8. The van der Waals surface area contributed by atoms with E-state index in [4.69, 9.17) is 9.47 Å². The minimum Gasteiger partial charge on any atom is -0.496 e. The zero-order valence-electron chi connectivity index (χ0n) is 12.4. The summed E-state index contributed by atoms with van der Waals surface area (Å²) in [5.74, 6) is 0.807. The van der Waals surface area contributed by atoms with Gasteiger partial charge in [0.25, 0.3) is 0 Å². The smallest absolute Gasteiger partial charge is 0.234 e. The third-order valence-corrected chi connectivity index (χ3v) is 3.06. The van der Waals surface area contributed by atoms with E-state index in [0.717, 1.165) is 17.7 Å². The molecule has 0 fully saturated rings. The van der Waals surface area contributed by atoms with Crippen LogP contribution < -0.4 is 15.4 Å². The Morgan fingerprint density at radius 2 is 2.05 bits per heavy atom. The number of hydrogen-bond donors (Lipinski definition) is 2. The maximum Gasteiger partial charge on any atom is 0.234 e. The second-order valence-corrected chi connectivity index (χ2v) is 4.43. The van der Waals surface area contributed by atoms with Crippen LogP contribution in [-0.4, -0.2) is 39.8 Å². The summed E-state index contributed by atoms with van der Waals surface area (Å²) in [5.41, 5.74) is 1.07.